The van der Waals surface area contributed by atoms with Gasteiger partial charge < -0.3 is 0 Å². The van der Waals surface area contributed by atoms with E-state index in [1.165, 1.54) is 154 Å². The Morgan fingerprint density at radius 3 is 1.75 bits per heavy atom. The van der Waals surface area contributed by atoms with Gasteiger partial charge in [-0.05, 0) is 6.42 Å². The van der Waals surface area contributed by atoms with E-state index in [1.54, 1.807) is 0 Å². The number of guanidine groups is 1. The lowest BCUT2D eigenvalue weighted by Gasteiger charge is -2.30. The molecule has 0 saturated carbocycles. The van der Waals surface area contributed by atoms with Gasteiger partial charge in [0.15, 0.2) is 0 Å². The molecule has 0 saturated heterocycles. The highest BCUT2D eigenvalue weighted by Crippen LogP contribution is 2.14. The Balaban J connectivity index is 1.32. The standard InChI is InChI=1S/C25H49N3/c1-2-3-4-5-6-7-8-9-10-11-12-13-14-15-16-17-21-27-23-19-24-28-22-18-20-26-25(27)28/h2-24H2,1H3/p+1. The summed E-state index contributed by atoms with van der Waals surface area (Å²) in [5.74, 6) is 1.44. The molecule has 164 valence electrons. The first kappa shape index (κ1) is 23.5. The summed E-state index contributed by atoms with van der Waals surface area (Å²) in [6.45, 7) is 8.52. The van der Waals surface area contributed by atoms with Crippen molar-refractivity contribution in [3.8, 4) is 0 Å². The summed E-state index contributed by atoms with van der Waals surface area (Å²) in [5, 5.41) is 3.64. The van der Waals surface area contributed by atoms with Crippen LogP contribution in [0.5, 0.6) is 0 Å². The van der Waals surface area contributed by atoms with Crippen LogP contribution in [0, 0.1) is 0 Å². The molecule has 2 heterocycles. The van der Waals surface area contributed by atoms with E-state index in [1.807, 2.05) is 0 Å². The molecule has 0 aromatic heterocycles. The lowest BCUT2D eigenvalue weighted by Crippen LogP contribution is -2.55. The molecule has 0 bridgehead atoms. The van der Waals surface area contributed by atoms with Gasteiger partial charge >= 0.3 is 5.96 Å². The lowest BCUT2D eigenvalue weighted by molar-refractivity contribution is -0.544. The van der Waals surface area contributed by atoms with Crippen LogP contribution in [-0.2, 0) is 0 Å². The third-order valence-electron chi connectivity index (χ3n) is 6.62. The fourth-order valence-corrected chi connectivity index (χ4v) is 4.84. The summed E-state index contributed by atoms with van der Waals surface area (Å²) in [7, 11) is 0. The average Bonchev–Trinajstić information content (AvgIpc) is 2.73. The fraction of sp³-hybridized carbons (Fsp3) is 0.960. The Hall–Kier alpha value is -0.730. The minimum absolute atomic E-state index is 1.17. The first-order valence-electron chi connectivity index (χ1n) is 13.0. The second-order valence-electron chi connectivity index (χ2n) is 9.23. The number of nitrogens with zero attached hydrogens (tertiary/aromatic N) is 2. The molecule has 2 aliphatic rings. The van der Waals surface area contributed by atoms with Crippen LogP contribution in [0.25, 0.3) is 0 Å². The molecule has 2 rings (SSSR count). The normalized spacial score (nSPS) is 17.0. The Morgan fingerprint density at radius 2 is 1.18 bits per heavy atom. The van der Waals surface area contributed by atoms with Gasteiger partial charge in [0.25, 0.3) is 0 Å². The minimum atomic E-state index is 1.17. The van der Waals surface area contributed by atoms with Crippen LogP contribution < -0.4 is 5.32 Å². The van der Waals surface area contributed by atoms with E-state index in [4.69, 9.17) is 0 Å². The number of rotatable bonds is 17. The molecule has 0 amide bonds. The molecule has 0 radical (unpaired) electrons. The monoisotopic (exact) mass is 392 g/mol. The largest absolute Gasteiger partial charge is 0.348 e. The highest BCUT2D eigenvalue weighted by Gasteiger charge is 2.28. The molecule has 2 aliphatic heterocycles. The first-order valence-corrected chi connectivity index (χ1v) is 13.0. The third-order valence-corrected chi connectivity index (χ3v) is 6.62. The van der Waals surface area contributed by atoms with Crippen LogP contribution in [0.4, 0.5) is 0 Å². The molecule has 3 heteroatoms. The Morgan fingerprint density at radius 1 is 0.679 bits per heavy atom. The molecule has 28 heavy (non-hydrogen) atoms. The van der Waals surface area contributed by atoms with E-state index in [9.17, 15) is 0 Å². The smallest absolute Gasteiger partial charge is 0.278 e. The quantitative estimate of drug-likeness (QED) is 0.231. The van der Waals surface area contributed by atoms with E-state index in [2.05, 4.69) is 21.7 Å². The summed E-state index contributed by atoms with van der Waals surface area (Å²) in [6, 6.07) is 0. The van der Waals surface area contributed by atoms with Crippen molar-refractivity contribution in [3.05, 3.63) is 0 Å². The van der Waals surface area contributed by atoms with Crippen LogP contribution in [0.3, 0.4) is 0 Å². The number of nitrogens with one attached hydrogen (secondary N) is 1. The van der Waals surface area contributed by atoms with Gasteiger partial charge in [0.1, 0.15) is 0 Å². The molecule has 0 aliphatic carbocycles. The summed E-state index contributed by atoms with van der Waals surface area (Å²) in [5.41, 5.74) is 0. The SMILES string of the molecule is CCCCCCCCCCCCCCCCCCN1CCC[N+]2=C1NCCC2. The van der Waals surface area contributed by atoms with Crippen LogP contribution in [0.2, 0.25) is 0 Å². The third kappa shape index (κ3) is 10.2. The van der Waals surface area contributed by atoms with Crippen LogP contribution in [0.1, 0.15) is 122 Å². The van der Waals surface area contributed by atoms with Gasteiger partial charge in [0.2, 0.25) is 0 Å². The molecule has 0 unspecified atom stereocenters. The van der Waals surface area contributed by atoms with Gasteiger partial charge in [-0.2, -0.15) is 0 Å². The maximum atomic E-state index is 3.64. The minimum Gasteiger partial charge on any atom is -0.278 e. The molecular formula is C25H50N3+. The molecule has 3 nitrogen and oxygen atoms in total. The summed E-state index contributed by atoms with van der Waals surface area (Å²) < 4.78 is 2.57. The van der Waals surface area contributed by atoms with E-state index < -0.39 is 0 Å². The Bertz CT molecular complexity index is 401. The topological polar surface area (TPSA) is 18.3 Å². The molecule has 1 N–H and O–H groups in total. The molecular weight excluding hydrogens is 342 g/mol. The van der Waals surface area contributed by atoms with Gasteiger partial charge in [0.05, 0.1) is 32.7 Å². The molecule has 0 aromatic carbocycles. The van der Waals surface area contributed by atoms with Crippen LogP contribution >= 0.6 is 0 Å². The zero-order valence-electron chi connectivity index (χ0n) is 19.2. The highest BCUT2D eigenvalue weighted by atomic mass is 15.4. The fourth-order valence-electron chi connectivity index (χ4n) is 4.84. The summed E-state index contributed by atoms with van der Waals surface area (Å²) >= 11 is 0. The van der Waals surface area contributed by atoms with Crippen molar-refractivity contribution in [1.29, 1.82) is 0 Å². The number of hydrogen-bond acceptors (Lipinski definition) is 2. The summed E-state index contributed by atoms with van der Waals surface area (Å²) in [6.07, 6.45) is 25.9. The second kappa shape index (κ2) is 16.1. The maximum Gasteiger partial charge on any atom is 0.348 e. The number of hydrogen-bond donors (Lipinski definition) is 1. The van der Waals surface area contributed by atoms with E-state index >= 15 is 0 Å². The van der Waals surface area contributed by atoms with E-state index in [-0.39, 0.29) is 0 Å². The van der Waals surface area contributed by atoms with Crippen molar-refractivity contribution in [2.75, 3.05) is 32.7 Å². The first-order chi connectivity index (χ1) is 13.9. The predicted octanol–water partition coefficient (Wildman–Crippen LogP) is 6.32. The van der Waals surface area contributed by atoms with Gasteiger partial charge in [-0.1, -0.05) is 103 Å². The van der Waals surface area contributed by atoms with E-state index in [0.29, 0.717) is 0 Å². The van der Waals surface area contributed by atoms with Crippen molar-refractivity contribution in [1.82, 2.24) is 10.2 Å². The van der Waals surface area contributed by atoms with Crippen molar-refractivity contribution >= 4 is 5.96 Å². The Labute approximate surface area is 176 Å². The lowest BCUT2D eigenvalue weighted by atomic mass is 10.0. The van der Waals surface area contributed by atoms with Crippen molar-refractivity contribution in [2.45, 2.75) is 122 Å². The average molecular weight is 393 g/mol. The Kier molecular flexibility index (Phi) is 13.5. The van der Waals surface area contributed by atoms with Crippen LogP contribution in [0.15, 0.2) is 0 Å². The molecule has 0 spiro atoms. The van der Waals surface area contributed by atoms with E-state index in [0.717, 1.165) is 0 Å². The van der Waals surface area contributed by atoms with Gasteiger partial charge in [0, 0.05) is 12.8 Å². The predicted molar refractivity (Wildman–Crippen MR) is 123 cm³/mol. The van der Waals surface area contributed by atoms with Crippen molar-refractivity contribution in [3.63, 3.8) is 0 Å². The zero-order chi connectivity index (χ0) is 19.7. The van der Waals surface area contributed by atoms with Crippen molar-refractivity contribution < 1.29 is 4.58 Å². The van der Waals surface area contributed by atoms with Gasteiger partial charge in [-0.25, -0.2) is 0 Å². The summed E-state index contributed by atoms with van der Waals surface area (Å²) in [4.78, 5) is 2.62. The highest BCUT2D eigenvalue weighted by molar-refractivity contribution is 5.75. The zero-order valence-corrected chi connectivity index (χ0v) is 19.2. The molecule has 0 atom stereocenters. The molecule has 0 aromatic rings. The van der Waals surface area contributed by atoms with Gasteiger partial charge in [-0.15, -0.1) is 0 Å². The van der Waals surface area contributed by atoms with Crippen LogP contribution in [-0.4, -0.2) is 48.2 Å². The second-order valence-corrected chi connectivity index (χ2v) is 9.23. The van der Waals surface area contributed by atoms with Crippen molar-refractivity contribution in [2.24, 2.45) is 0 Å². The number of unbranched alkanes of at least 4 members (excludes halogenated alkanes) is 15. The maximum absolute atomic E-state index is 3.64. The molecule has 0 fully saturated rings. The van der Waals surface area contributed by atoms with Gasteiger partial charge in [-0.3, -0.25) is 14.8 Å².